The lowest BCUT2D eigenvalue weighted by Gasteiger charge is -2.35. The predicted octanol–water partition coefficient (Wildman–Crippen LogP) is 3.06. The molecule has 3 rings (SSSR count). The number of amides is 2. The lowest BCUT2D eigenvalue weighted by atomic mass is 10.1. The van der Waals surface area contributed by atoms with Gasteiger partial charge in [-0.15, -0.1) is 0 Å². The van der Waals surface area contributed by atoms with Crippen molar-refractivity contribution in [3.63, 3.8) is 0 Å². The number of anilines is 1. The molecule has 2 amide bonds. The van der Waals surface area contributed by atoms with Crippen LogP contribution < -0.4 is 10.2 Å². The first kappa shape index (κ1) is 21.8. The van der Waals surface area contributed by atoms with Crippen LogP contribution in [-0.2, 0) is 11.2 Å². The maximum atomic E-state index is 12.6. The van der Waals surface area contributed by atoms with Gasteiger partial charge in [0.2, 0.25) is 5.91 Å². The van der Waals surface area contributed by atoms with Crippen LogP contribution in [0, 0.1) is 12.8 Å². The van der Waals surface area contributed by atoms with Crippen molar-refractivity contribution in [1.82, 2.24) is 15.2 Å². The van der Waals surface area contributed by atoms with Crippen LogP contribution in [0.15, 0.2) is 42.6 Å². The molecule has 0 radical (unpaired) electrons. The zero-order valence-corrected chi connectivity index (χ0v) is 18.2. The van der Waals surface area contributed by atoms with Crippen LogP contribution in [-0.4, -0.2) is 54.4 Å². The maximum Gasteiger partial charge on any atom is 0.252 e. The van der Waals surface area contributed by atoms with Crippen LogP contribution in [0.3, 0.4) is 0 Å². The molecule has 1 aromatic heterocycles. The summed E-state index contributed by atoms with van der Waals surface area (Å²) in [5.74, 6) is 1.39. The lowest BCUT2D eigenvalue weighted by molar-refractivity contribution is -0.130. The Morgan fingerprint density at radius 1 is 1.07 bits per heavy atom. The second kappa shape index (κ2) is 10.2. The smallest absolute Gasteiger partial charge is 0.252 e. The van der Waals surface area contributed by atoms with E-state index in [9.17, 15) is 9.59 Å². The van der Waals surface area contributed by atoms with Crippen LogP contribution in [0.2, 0.25) is 0 Å². The molecule has 0 aliphatic carbocycles. The molecule has 2 heterocycles. The van der Waals surface area contributed by atoms with Crippen molar-refractivity contribution in [3.8, 4) is 0 Å². The van der Waals surface area contributed by atoms with Gasteiger partial charge in [0.1, 0.15) is 5.82 Å². The number of piperazine rings is 1. The van der Waals surface area contributed by atoms with Gasteiger partial charge >= 0.3 is 0 Å². The van der Waals surface area contributed by atoms with Gasteiger partial charge in [-0.2, -0.15) is 0 Å². The molecule has 1 aliphatic heterocycles. The van der Waals surface area contributed by atoms with Gasteiger partial charge in [-0.25, -0.2) is 4.98 Å². The van der Waals surface area contributed by atoms with Crippen LogP contribution >= 0.6 is 0 Å². The lowest BCUT2D eigenvalue weighted by Crippen LogP contribution is -2.49. The highest BCUT2D eigenvalue weighted by Crippen LogP contribution is 2.15. The quantitative estimate of drug-likeness (QED) is 0.765. The van der Waals surface area contributed by atoms with Crippen LogP contribution in [0.5, 0.6) is 0 Å². The first-order valence-electron chi connectivity index (χ1n) is 10.8. The van der Waals surface area contributed by atoms with Crippen molar-refractivity contribution in [3.05, 3.63) is 59.3 Å². The average Bonchev–Trinajstić information content (AvgIpc) is 2.79. The molecule has 6 nitrogen and oxygen atoms in total. The van der Waals surface area contributed by atoms with Crippen LogP contribution in [0.25, 0.3) is 0 Å². The molecular formula is C24H32N4O2. The fraction of sp³-hybridized carbons (Fsp3) is 0.458. The summed E-state index contributed by atoms with van der Waals surface area (Å²) in [6.07, 6.45) is 3.12. The molecule has 0 bridgehead atoms. The Morgan fingerprint density at radius 2 is 1.77 bits per heavy atom. The molecule has 1 saturated heterocycles. The van der Waals surface area contributed by atoms with Gasteiger partial charge in [0, 0.05) is 38.9 Å². The molecule has 0 spiro atoms. The number of nitrogens with zero attached hydrogens (tertiary/aromatic N) is 3. The van der Waals surface area contributed by atoms with Crippen molar-refractivity contribution < 1.29 is 9.59 Å². The van der Waals surface area contributed by atoms with E-state index in [-0.39, 0.29) is 11.8 Å². The van der Waals surface area contributed by atoms with Gasteiger partial charge in [-0.05, 0) is 30.5 Å². The van der Waals surface area contributed by atoms with E-state index in [1.165, 1.54) is 5.56 Å². The Hall–Kier alpha value is -2.89. The normalized spacial score (nSPS) is 15.0. The standard InChI is InChI=1S/C24H32N4O2/c1-4-18(2)16-26-24(30)21-9-10-22(25-17-21)27-11-13-28(14-12-27)23(29)15-20-7-5-19(3)6-8-20/h5-10,17-18H,4,11-16H2,1-3H3,(H,26,30). The fourth-order valence-corrected chi connectivity index (χ4v) is 3.40. The number of benzene rings is 1. The number of rotatable bonds is 7. The predicted molar refractivity (Wildman–Crippen MR) is 120 cm³/mol. The summed E-state index contributed by atoms with van der Waals surface area (Å²) in [6, 6.07) is 11.8. The molecule has 1 unspecified atom stereocenters. The van der Waals surface area contributed by atoms with Crippen molar-refractivity contribution in [2.45, 2.75) is 33.6 Å². The molecule has 160 valence electrons. The Labute approximate surface area is 179 Å². The molecule has 1 atom stereocenters. The number of carbonyl (C=O) groups is 2. The molecule has 1 fully saturated rings. The number of aryl methyl sites for hydroxylation is 1. The van der Waals surface area contributed by atoms with E-state index < -0.39 is 0 Å². The van der Waals surface area contributed by atoms with Crippen molar-refractivity contribution in [1.29, 1.82) is 0 Å². The second-order valence-corrected chi connectivity index (χ2v) is 8.16. The summed E-state index contributed by atoms with van der Waals surface area (Å²) in [6.45, 7) is 9.81. The number of pyridine rings is 1. The number of hydrogen-bond donors (Lipinski definition) is 1. The van der Waals surface area contributed by atoms with Crippen molar-refractivity contribution in [2.24, 2.45) is 5.92 Å². The highest BCUT2D eigenvalue weighted by atomic mass is 16.2. The van der Waals surface area contributed by atoms with E-state index in [4.69, 9.17) is 0 Å². The Morgan fingerprint density at radius 3 is 2.37 bits per heavy atom. The zero-order valence-electron chi connectivity index (χ0n) is 18.2. The van der Waals surface area contributed by atoms with Gasteiger partial charge in [-0.1, -0.05) is 50.1 Å². The van der Waals surface area contributed by atoms with Gasteiger partial charge < -0.3 is 15.1 Å². The summed E-state index contributed by atoms with van der Waals surface area (Å²) in [5, 5.41) is 2.95. The van der Waals surface area contributed by atoms with Crippen LogP contribution in [0.1, 0.15) is 41.8 Å². The number of carbonyl (C=O) groups excluding carboxylic acids is 2. The molecule has 1 aliphatic rings. The van der Waals surface area contributed by atoms with Crippen LogP contribution in [0.4, 0.5) is 5.82 Å². The van der Waals surface area contributed by atoms with E-state index in [2.05, 4.69) is 29.0 Å². The largest absolute Gasteiger partial charge is 0.353 e. The summed E-state index contributed by atoms with van der Waals surface area (Å²) in [7, 11) is 0. The third kappa shape index (κ3) is 5.81. The molecule has 0 saturated carbocycles. The monoisotopic (exact) mass is 408 g/mol. The van der Waals surface area contributed by atoms with E-state index in [0.717, 1.165) is 30.9 Å². The van der Waals surface area contributed by atoms with E-state index in [1.54, 1.807) is 6.20 Å². The van der Waals surface area contributed by atoms with Gasteiger partial charge in [0.15, 0.2) is 0 Å². The van der Waals surface area contributed by atoms with Gasteiger partial charge in [0.05, 0.1) is 12.0 Å². The highest BCUT2D eigenvalue weighted by Gasteiger charge is 2.22. The Bertz CT molecular complexity index is 841. The second-order valence-electron chi connectivity index (χ2n) is 8.16. The molecule has 30 heavy (non-hydrogen) atoms. The van der Waals surface area contributed by atoms with E-state index in [0.29, 0.717) is 37.5 Å². The van der Waals surface area contributed by atoms with Gasteiger partial charge in [-0.3, -0.25) is 9.59 Å². The number of hydrogen-bond acceptors (Lipinski definition) is 4. The van der Waals surface area contributed by atoms with E-state index in [1.807, 2.05) is 48.2 Å². The number of aromatic nitrogens is 1. The molecule has 1 aromatic carbocycles. The topological polar surface area (TPSA) is 65.5 Å². The van der Waals surface area contributed by atoms with Gasteiger partial charge in [0.25, 0.3) is 5.91 Å². The molecular weight excluding hydrogens is 376 g/mol. The number of nitrogens with one attached hydrogen (secondary N) is 1. The summed E-state index contributed by atoms with van der Waals surface area (Å²) < 4.78 is 0. The third-order valence-corrected chi connectivity index (χ3v) is 5.75. The van der Waals surface area contributed by atoms with E-state index >= 15 is 0 Å². The minimum Gasteiger partial charge on any atom is -0.353 e. The average molecular weight is 409 g/mol. The zero-order chi connectivity index (χ0) is 21.5. The third-order valence-electron chi connectivity index (χ3n) is 5.75. The maximum absolute atomic E-state index is 12.6. The molecule has 2 aromatic rings. The molecule has 1 N–H and O–H groups in total. The summed E-state index contributed by atoms with van der Waals surface area (Å²) in [5.41, 5.74) is 2.83. The SMILES string of the molecule is CCC(C)CNC(=O)c1ccc(N2CCN(C(=O)Cc3ccc(C)cc3)CC2)nc1. The van der Waals surface area contributed by atoms with Crippen molar-refractivity contribution in [2.75, 3.05) is 37.6 Å². The molecule has 6 heteroatoms. The summed E-state index contributed by atoms with van der Waals surface area (Å²) >= 11 is 0. The Balaban J connectivity index is 1.49. The first-order valence-corrected chi connectivity index (χ1v) is 10.8. The fourth-order valence-electron chi connectivity index (χ4n) is 3.40. The first-order chi connectivity index (χ1) is 14.5. The Kier molecular flexibility index (Phi) is 7.44. The highest BCUT2D eigenvalue weighted by molar-refractivity contribution is 5.94. The minimum absolute atomic E-state index is 0.0825. The summed E-state index contributed by atoms with van der Waals surface area (Å²) in [4.78, 5) is 33.4. The van der Waals surface area contributed by atoms with Crippen molar-refractivity contribution >= 4 is 17.6 Å². The minimum atomic E-state index is -0.0825.